The summed E-state index contributed by atoms with van der Waals surface area (Å²) in [5.74, 6) is 0. The molecule has 0 aliphatic carbocycles. The predicted octanol–water partition coefficient (Wildman–Crippen LogP) is 3.06. The lowest BCUT2D eigenvalue weighted by Gasteiger charge is -2.07. The summed E-state index contributed by atoms with van der Waals surface area (Å²) < 4.78 is 5.26. The molecule has 2 aromatic rings. The molecule has 0 aliphatic heterocycles. The number of thiocarbonyl (C=S) groups is 1. The van der Waals surface area contributed by atoms with Gasteiger partial charge in [0.2, 0.25) is 0 Å². The summed E-state index contributed by atoms with van der Waals surface area (Å²) in [5.41, 5.74) is 3.90. The van der Waals surface area contributed by atoms with Gasteiger partial charge in [-0.15, -0.1) is 0 Å². The topological polar surface area (TPSA) is 45.6 Å². The number of rotatable bonds is 7. The summed E-state index contributed by atoms with van der Waals surface area (Å²) in [7, 11) is 0. The van der Waals surface area contributed by atoms with Gasteiger partial charge < -0.3 is 10.1 Å². The van der Waals surface area contributed by atoms with Crippen LogP contribution in [0.1, 0.15) is 18.9 Å². The Morgan fingerprint density at radius 3 is 2.91 bits per heavy atom. The second-order valence-electron chi connectivity index (χ2n) is 4.74. The molecule has 0 saturated heterocycles. The molecule has 4 nitrogen and oxygen atoms in total. The highest BCUT2D eigenvalue weighted by Gasteiger charge is 1.97. The van der Waals surface area contributed by atoms with Gasteiger partial charge in [-0.1, -0.05) is 42.5 Å². The van der Waals surface area contributed by atoms with Crippen molar-refractivity contribution in [3.63, 3.8) is 0 Å². The molecule has 0 radical (unpaired) electrons. The smallest absolute Gasteiger partial charge is 0.186 e. The van der Waals surface area contributed by atoms with E-state index in [1.54, 1.807) is 6.21 Å². The van der Waals surface area contributed by atoms with Crippen LogP contribution < -0.4 is 10.7 Å². The number of benzene rings is 2. The molecule has 0 fully saturated rings. The van der Waals surface area contributed by atoms with Crippen molar-refractivity contribution in [1.82, 2.24) is 10.7 Å². The van der Waals surface area contributed by atoms with Gasteiger partial charge in [-0.25, -0.2) is 0 Å². The molecular formula is C17H21N3OS. The van der Waals surface area contributed by atoms with Crippen molar-refractivity contribution in [2.45, 2.75) is 13.3 Å². The van der Waals surface area contributed by atoms with Crippen molar-refractivity contribution >= 4 is 34.3 Å². The Balaban J connectivity index is 1.82. The first-order valence-corrected chi connectivity index (χ1v) is 7.84. The van der Waals surface area contributed by atoms with Crippen LogP contribution >= 0.6 is 12.2 Å². The van der Waals surface area contributed by atoms with E-state index in [0.717, 1.165) is 31.7 Å². The van der Waals surface area contributed by atoms with Gasteiger partial charge in [0, 0.05) is 25.3 Å². The van der Waals surface area contributed by atoms with Gasteiger partial charge in [0.15, 0.2) is 5.11 Å². The number of fused-ring (bicyclic) bond motifs is 1. The van der Waals surface area contributed by atoms with E-state index in [2.05, 4.69) is 34.0 Å². The number of hydrazone groups is 1. The van der Waals surface area contributed by atoms with E-state index in [4.69, 9.17) is 17.0 Å². The van der Waals surface area contributed by atoms with E-state index < -0.39 is 0 Å². The lowest BCUT2D eigenvalue weighted by Crippen LogP contribution is -2.33. The molecule has 0 bridgehead atoms. The van der Waals surface area contributed by atoms with Gasteiger partial charge in [-0.05, 0) is 36.3 Å². The highest BCUT2D eigenvalue weighted by atomic mass is 32.1. The molecule has 0 unspecified atom stereocenters. The molecular weight excluding hydrogens is 294 g/mol. The number of hydrogen-bond donors (Lipinski definition) is 2. The maximum absolute atomic E-state index is 5.26. The molecule has 2 rings (SSSR count). The van der Waals surface area contributed by atoms with Crippen molar-refractivity contribution < 1.29 is 4.74 Å². The van der Waals surface area contributed by atoms with Crippen LogP contribution in [0.25, 0.3) is 10.8 Å². The summed E-state index contributed by atoms with van der Waals surface area (Å²) >= 11 is 5.17. The van der Waals surface area contributed by atoms with Crippen molar-refractivity contribution in [3.05, 3.63) is 48.0 Å². The lowest BCUT2D eigenvalue weighted by atomic mass is 10.1. The first-order chi connectivity index (χ1) is 10.8. The van der Waals surface area contributed by atoms with Crippen LogP contribution in [0.5, 0.6) is 0 Å². The first kappa shape index (κ1) is 16.4. The Hall–Kier alpha value is -1.98. The maximum Gasteiger partial charge on any atom is 0.186 e. The quantitative estimate of drug-likeness (QED) is 0.357. The van der Waals surface area contributed by atoms with Crippen molar-refractivity contribution in [3.8, 4) is 0 Å². The molecule has 2 aromatic carbocycles. The number of hydrogen-bond acceptors (Lipinski definition) is 3. The van der Waals surface area contributed by atoms with Crippen LogP contribution in [0, 0.1) is 0 Å². The fourth-order valence-electron chi connectivity index (χ4n) is 2.08. The molecule has 0 aromatic heterocycles. The van der Waals surface area contributed by atoms with Gasteiger partial charge in [0.05, 0.1) is 6.21 Å². The molecule has 2 N–H and O–H groups in total. The average Bonchev–Trinajstić information content (AvgIpc) is 2.55. The first-order valence-electron chi connectivity index (χ1n) is 7.43. The highest BCUT2D eigenvalue weighted by molar-refractivity contribution is 7.80. The molecule has 5 heteroatoms. The van der Waals surface area contributed by atoms with Crippen LogP contribution in [-0.2, 0) is 4.74 Å². The van der Waals surface area contributed by atoms with Crippen LogP contribution in [0.3, 0.4) is 0 Å². The van der Waals surface area contributed by atoms with E-state index in [9.17, 15) is 0 Å². The Morgan fingerprint density at radius 1 is 1.23 bits per heavy atom. The zero-order valence-corrected chi connectivity index (χ0v) is 13.5. The SMILES string of the molecule is CCOCCCNC(=S)N/N=C\c1cccc2ccccc12. The molecule has 0 saturated carbocycles. The number of ether oxygens (including phenoxy) is 1. The third-order valence-electron chi connectivity index (χ3n) is 3.15. The summed E-state index contributed by atoms with van der Waals surface area (Å²) in [6.45, 7) is 4.25. The molecule has 0 atom stereocenters. The summed E-state index contributed by atoms with van der Waals surface area (Å²) in [5, 5.41) is 10.2. The van der Waals surface area contributed by atoms with Crippen molar-refractivity contribution in [1.29, 1.82) is 0 Å². The Morgan fingerprint density at radius 2 is 2.05 bits per heavy atom. The molecule has 0 amide bonds. The van der Waals surface area contributed by atoms with Crippen molar-refractivity contribution in [2.24, 2.45) is 5.10 Å². The minimum atomic E-state index is 0.521. The average molecular weight is 315 g/mol. The minimum absolute atomic E-state index is 0.521. The third kappa shape index (κ3) is 5.09. The van der Waals surface area contributed by atoms with Gasteiger partial charge in [-0.2, -0.15) is 5.10 Å². The summed E-state index contributed by atoms with van der Waals surface area (Å²) in [4.78, 5) is 0. The Kier molecular flexibility index (Phi) is 6.80. The van der Waals surface area contributed by atoms with Gasteiger partial charge in [-0.3, -0.25) is 5.43 Å². The zero-order valence-electron chi connectivity index (χ0n) is 12.7. The van der Waals surface area contributed by atoms with Crippen LogP contribution in [-0.4, -0.2) is 31.1 Å². The molecule has 116 valence electrons. The zero-order chi connectivity index (χ0) is 15.6. The number of nitrogens with zero attached hydrogens (tertiary/aromatic N) is 1. The second kappa shape index (κ2) is 9.12. The number of nitrogens with one attached hydrogen (secondary N) is 2. The molecule has 0 aliphatic rings. The van der Waals surface area contributed by atoms with E-state index in [0.29, 0.717) is 5.11 Å². The van der Waals surface area contributed by atoms with Gasteiger partial charge in [0.1, 0.15) is 0 Å². The maximum atomic E-state index is 5.26. The van der Waals surface area contributed by atoms with Crippen LogP contribution in [0.4, 0.5) is 0 Å². The van der Waals surface area contributed by atoms with Gasteiger partial charge in [0.25, 0.3) is 0 Å². The van der Waals surface area contributed by atoms with E-state index >= 15 is 0 Å². The lowest BCUT2D eigenvalue weighted by molar-refractivity contribution is 0.145. The standard InChI is InChI=1S/C17H21N3OS/c1-2-21-12-6-11-18-17(22)20-19-13-15-9-5-8-14-7-3-4-10-16(14)15/h3-5,7-10,13H,2,6,11-12H2,1H3,(H2,18,20,22)/b19-13-. The largest absolute Gasteiger partial charge is 0.382 e. The second-order valence-corrected chi connectivity index (χ2v) is 5.15. The van der Waals surface area contributed by atoms with Gasteiger partial charge >= 0.3 is 0 Å². The fraction of sp³-hybridized carbons (Fsp3) is 0.294. The molecule has 22 heavy (non-hydrogen) atoms. The van der Waals surface area contributed by atoms with Crippen molar-refractivity contribution in [2.75, 3.05) is 19.8 Å². The normalized spacial score (nSPS) is 11.0. The Bertz CT molecular complexity index is 637. The van der Waals surface area contributed by atoms with E-state index in [1.807, 2.05) is 31.2 Å². The van der Waals surface area contributed by atoms with Crippen LogP contribution in [0.2, 0.25) is 0 Å². The fourth-order valence-corrected chi connectivity index (χ4v) is 2.24. The minimum Gasteiger partial charge on any atom is -0.382 e. The predicted molar refractivity (Wildman–Crippen MR) is 96.4 cm³/mol. The highest BCUT2D eigenvalue weighted by Crippen LogP contribution is 2.16. The molecule has 0 heterocycles. The Labute approximate surface area is 136 Å². The molecule has 0 spiro atoms. The monoisotopic (exact) mass is 315 g/mol. The van der Waals surface area contributed by atoms with E-state index in [-0.39, 0.29) is 0 Å². The van der Waals surface area contributed by atoms with E-state index in [1.165, 1.54) is 10.8 Å². The summed E-state index contributed by atoms with van der Waals surface area (Å²) in [6, 6.07) is 14.4. The summed E-state index contributed by atoms with van der Waals surface area (Å²) in [6.07, 6.45) is 2.71. The van der Waals surface area contributed by atoms with Crippen LogP contribution in [0.15, 0.2) is 47.6 Å². The third-order valence-corrected chi connectivity index (χ3v) is 3.38.